The predicted octanol–water partition coefficient (Wildman–Crippen LogP) is 4.08. The Kier molecular flexibility index (Phi) is 4.81. The molecule has 0 aliphatic heterocycles. The van der Waals surface area contributed by atoms with Crippen molar-refractivity contribution in [1.29, 1.82) is 0 Å². The van der Waals surface area contributed by atoms with E-state index in [0.717, 1.165) is 6.42 Å². The third-order valence-corrected chi connectivity index (χ3v) is 4.61. The lowest BCUT2D eigenvalue weighted by molar-refractivity contribution is 0.295. The van der Waals surface area contributed by atoms with Crippen LogP contribution in [-0.2, 0) is 6.42 Å². The summed E-state index contributed by atoms with van der Waals surface area (Å²) >= 11 is 5.44. The van der Waals surface area contributed by atoms with Crippen LogP contribution in [0.15, 0.2) is 15.9 Å². The summed E-state index contributed by atoms with van der Waals surface area (Å²) in [4.78, 5) is 1.46. The second-order valence-corrected chi connectivity index (χ2v) is 6.78. The monoisotopic (exact) mass is 289 g/mol. The van der Waals surface area contributed by atoms with Crippen LogP contribution in [0.3, 0.4) is 0 Å². The van der Waals surface area contributed by atoms with Crippen molar-refractivity contribution in [2.75, 3.05) is 7.05 Å². The lowest BCUT2D eigenvalue weighted by Gasteiger charge is -2.27. The average Bonchev–Trinajstić information content (AvgIpc) is 2.50. The van der Waals surface area contributed by atoms with Crippen LogP contribution in [0.1, 0.15) is 32.1 Å². The van der Waals surface area contributed by atoms with Gasteiger partial charge in [0.05, 0.1) is 0 Å². The van der Waals surface area contributed by atoms with E-state index in [2.05, 4.69) is 53.5 Å². The number of thiophene rings is 1. The van der Waals surface area contributed by atoms with Gasteiger partial charge in [0, 0.05) is 15.4 Å². The Bertz CT molecular complexity index is 306. The van der Waals surface area contributed by atoms with E-state index < -0.39 is 0 Å². The van der Waals surface area contributed by atoms with Crippen molar-refractivity contribution in [2.45, 2.75) is 39.7 Å². The topological polar surface area (TPSA) is 12.0 Å². The first-order valence-electron chi connectivity index (χ1n) is 5.34. The normalized spacial score (nSPS) is 14.2. The number of nitrogens with one attached hydrogen (secondary N) is 1. The summed E-state index contributed by atoms with van der Waals surface area (Å²) in [6.45, 7) is 6.92. The Morgan fingerprint density at radius 3 is 2.67 bits per heavy atom. The van der Waals surface area contributed by atoms with Gasteiger partial charge in [0.1, 0.15) is 0 Å². The number of rotatable bonds is 5. The standard InChI is InChI=1S/C12H20BrNS/c1-9(14-4)7-12(2,3)8-11-10(13)5-6-15-11/h5-6,9,14H,7-8H2,1-4H3. The van der Waals surface area contributed by atoms with Crippen LogP contribution >= 0.6 is 27.3 Å². The fraction of sp³-hybridized carbons (Fsp3) is 0.667. The van der Waals surface area contributed by atoms with Gasteiger partial charge in [0.2, 0.25) is 0 Å². The first-order chi connectivity index (χ1) is 6.94. The minimum Gasteiger partial charge on any atom is -0.317 e. The van der Waals surface area contributed by atoms with Crippen molar-refractivity contribution >= 4 is 27.3 Å². The largest absolute Gasteiger partial charge is 0.317 e. The number of halogens is 1. The second kappa shape index (κ2) is 5.46. The van der Waals surface area contributed by atoms with Gasteiger partial charge in [0.25, 0.3) is 0 Å². The lowest BCUT2D eigenvalue weighted by atomic mass is 9.82. The zero-order valence-corrected chi connectivity index (χ0v) is 12.3. The van der Waals surface area contributed by atoms with E-state index in [4.69, 9.17) is 0 Å². The van der Waals surface area contributed by atoms with Crippen LogP contribution in [0.25, 0.3) is 0 Å². The van der Waals surface area contributed by atoms with Crippen LogP contribution in [0, 0.1) is 5.41 Å². The Hall–Kier alpha value is 0.140. The molecule has 1 nitrogen and oxygen atoms in total. The minimum atomic E-state index is 0.357. The van der Waals surface area contributed by atoms with Gasteiger partial charge in [-0.05, 0) is 59.6 Å². The van der Waals surface area contributed by atoms with E-state index in [1.54, 1.807) is 0 Å². The number of hydrogen-bond donors (Lipinski definition) is 1. The molecule has 1 aromatic rings. The molecule has 0 fully saturated rings. The molecular weight excluding hydrogens is 270 g/mol. The maximum Gasteiger partial charge on any atom is 0.0314 e. The summed E-state index contributed by atoms with van der Waals surface area (Å²) in [7, 11) is 2.03. The molecule has 0 aliphatic carbocycles. The van der Waals surface area contributed by atoms with Crippen molar-refractivity contribution in [3.05, 3.63) is 20.8 Å². The Morgan fingerprint density at radius 2 is 2.20 bits per heavy atom. The summed E-state index contributed by atoms with van der Waals surface area (Å²) in [5, 5.41) is 5.46. The molecule has 1 unspecified atom stereocenters. The molecule has 0 aromatic carbocycles. The van der Waals surface area contributed by atoms with Crippen LogP contribution in [-0.4, -0.2) is 13.1 Å². The SMILES string of the molecule is CNC(C)CC(C)(C)Cc1sccc1Br. The van der Waals surface area contributed by atoms with Gasteiger partial charge >= 0.3 is 0 Å². The van der Waals surface area contributed by atoms with E-state index in [9.17, 15) is 0 Å². The molecule has 1 aromatic heterocycles. The van der Waals surface area contributed by atoms with Crippen LogP contribution in [0.2, 0.25) is 0 Å². The molecule has 1 atom stereocenters. The highest BCUT2D eigenvalue weighted by atomic mass is 79.9. The predicted molar refractivity (Wildman–Crippen MR) is 72.6 cm³/mol. The average molecular weight is 290 g/mol. The highest BCUT2D eigenvalue weighted by Crippen LogP contribution is 2.33. The summed E-state index contributed by atoms with van der Waals surface area (Å²) in [6.07, 6.45) is 2.35. The molecule has 0 amide bonds. The van der Waals surface area contributed by atoms with Gasteiger partial charge in [-0.3, -0.25) is 0 Å². The maximum absolute atomic E-state index is 3.60. The minimum absolute atomic E-state index is 0.357. The van der Waals surface area contributed by atoms with Crippen molar-refractivity contribution < 1.29 is 0 Å². The Labute approximate surface area is 105 Å². The molecule has 1 rings (SSSR count). The van der Waals surface area contributed by atoms with Crippen LogP contribution < -0.4 is 5.32 Å². The zero-order chi connectivity index (χ0) is 11.5. The van der Waals surface area contributed by atoms with Crippen LogP contribution in [0.4, 0.5) is 0 Å². The highest BCUT2D eigenvalue weighted by Gasteiger charge is 2.22. The van der Waals surface area contributed by atoms with E-state index in [1.807, 2.05) is 18.4 Å². The third-order valence-electron chi connectivity index (χ3n) is 2.68. The first-order valence-corrected chi connectivity index (χ1v) is 7.01. The highest BCUT2D eigenvalue weighted by molar-refractivity contribution is 9.10. The van der Waals surface area contributed by atoms with Crippen molar-refractivity contribution in [3.63, 3.8) is 0 Å². The van der Waals surface area contributed by atoms with Gasteiger partial charge in [-0.1, -0.05) is 13.8 Å². The Morgan fingerprint density at radius 1 is 1.53 bits per heavy atom. The fourth-order valence-corrected chi connectivity index (χ4v) is 3.64. The molecule has 1 heterocycles. The molecule has 0 aliphatic rings. The van der Waals surface area contributed by atoms with E-state index >= 15 is 0 Å². The molecule has 86 valence electrons. The van der Waals surface area contributed by atoms with Crippen molar-refractivity contribution in [3.8, 4) is 0 Å². The summed E-state index contributed by atoms with van der Waals surface area (Å²) in [6, 6.07) is 2.72. The van der Waals surface area contributed by atoms with Gasteiger partial charge < -0.3 is 5.32 Å². The van der Waals surface area contributed by atoms with E-state index in [-0.39, 0.29) is 0 Å². The van der Waals surface area contributed by atoms with Gasteiger partial charge in [-0.15, -0.1) is 11.3 Å². The summed E-state index contributed by atoms with van der Waals surface area (Å²) < 4.78 is 1.26. The van der Waals surface area contributed by atoms with Gasteiger partial charge in [-0.25, -0.2) is 0 Å². The molecule has 0 radical (unpaired) electrons. The quantitative estimate of drug-likeness (QED) is 0.861. The maximum atomic E-state index is 3.60. The molecule has 1 N–H and O–H groups in total. The molecular formula is C12H20BrNS. The van der Waals surface area contributed by atoms with Gasteiger partial charge in [0.15, 0.2) is 0 Å². The fourth-order valence-electron chi connectivity index (χ4n) is 1.89. The van der Waals surface area contributed by atoms with Crippen LogP contribution in [0.5, 0.6) is 0 Å². The molecule has 15 heavy (non-hydrogen) atoms. The molecule has 0 bridgehead atoms. The lowest BCUT2D eigenvalue weighted by Crippen LogP contribution is -2.29. The molecule has 0 saturated heterocycles. The smallest absolute Gasteiger partial charge is 0.0314 e. The summed E-state index contributed by atoms with van der Waals surface area (Å²) in [5.41, 5.74) is 0.357. The van der Waals surface area contributed by atoms with Gasteiger partial charge in [-0.2, -0.15) is 0 Å². The first kappa shape index (κ1) is 13.2. The zero-order valence-electron chi connectivity index (χ0n) is 9.93. The number of hydrogen-bond acceptors (Lipinski definition) is 2. The summed E-state index contributed by atoms with van der Waals surface area (Å²) in [5.74, 6) is 0. The van der Waals surface area contributed by atoms with Crippen molar-refractivity contribution in [2.24, 2.45) is 5.41 Å². The molecule has 0 spiro atoms. The van der Waals surface area contributed by atoms with Crippen molar-refractivity contribution in [1.82, 2.24) is 5.32 Å². The second-order valence-electron chi connectivity index (χ2n) is 4.93. The Balaban J connectivity index is 2.60. The van der Waals surface area contributed by atoms with E-state index in [1.165, 1.54) is 15.8 Å². The third kappa shape index (κ3) is 4.25. The molecule has 0 saturated carbocycles. The van der Waals surface area contributed by atoms with E-state index in [0.29, 0.717) is 11.5 Å². The molecule has 3 heteroatoms.